The zero-order valence-corrected chi connectivity index (χ0v) is 32.7. The Morgan fingerprint density at radius 3 is 1.18 bits per heavy atom. The fourth-order valence-electron chi connectivity index (χ4n) is 9.10. The van der Waals surface area contributed by atoms with Gasteiger partial charge in [-0.3, -0.25) is 0 Å². The van der Waals surface area contributed by atoms with Crippen LogP contribution in [0.1, 0.15) is 58.3 Å². The highest BCUT2D eigenvalue weighted by atomic mass is 28.3. The maximum absolute atomic E-state index is 2.65. The fraction of sp³-hybridized carbons (Fsp3) is 0.333. The van der Waals surface area contributed by atoms with E-state index in [9.17, 15) is 0 Å². The molecule has 0 N–H and O–H groups in total. The molecular formula is C42H52Si3. The molecule has 45 heavy (non-hydrogen) atoms. The van der Waals surface area contributed by atoms with Crippen molar-refractivity contribution >= 4 is 46.7 Å². The molecule has 0 saturated carbocycles. The summed E-state index contributed by atoms with van der Waals surface area (Å²) in [5.41, 5.74) is 18.5. The summed E-state index contributed by atoms with van der Waals surface area (Å²) in [6.45, 7) is 29.4. The van der Waals surface area contributed by atoms with Gasteiger partial charge in [0, 0.05) is 11.1 Å². The van der Waals surface area contributed by atoms with E-state index in [1.165, 1.54) is 44.5 Å². The van der Waals surface area contributed by atoms with Crippen molar-refractivity contribution < 1.29 is 0 Å². The van der Waals surface area contributed by atoms with E-state index in [4.69, 9.17) is 0 Å². The van der Waals surface area contributed by atoms with Gasteiger partial charge in [0.05, 0.1) is 24.2 Å². The van der Waals surface area contributed by atoms with Crippen molar-refractivity contribution in [1.82, 2.24) is 0 Å². The first-order valence-electron chi connectivity index (χ1n) is 16.9. The lowest BCUT2D eigenvalue weighted by molar-refractivity contribution is 0.968. The van der Waals surface area contributed by atoms with Gasteiger partial charge in [0.1, 0.15) is 0 Å². The lowest BCUT2D eigenvalue weighted by atomic mass is 9.96. The van der Waals surface area contributed by atoms with Crippen LogP contribution in [-0.2, 0) is 0 Å². The topological polar surface area (TPSA) is 0 Å². The van der Waals surface area contributed by atoms with E-state index in [0.29, 0.717) is 11.1 Å². The number of benzene rings is 4. The third kappa shape index (κ3) is 5.45. The fourth-order valence-corrected chi connectivity index (χ4v) is 17.7. The molecule has 2 aliphatic carbocycles. The largest absolute Gasteiger partial charge is 0.0779 e. The summed E-state index contributed by atoms with van der Waals surface area (Å²) in [4.78, 5) is 0. The van der Waals surface area contributed by atoms with Crippen LogP contribution in [-0.4, -0.2) is 24.2 Å². The number of hydrogen-bond donors (Lipinski definition) is 0. The van der Waals surface area contributed by atoms with Crippen molar-refractivity contribution in [2.75, 3.05) is 0 Å². The van der Waals surface area contributed by atoms with Crippen molar-refractivity contribution in [1.29, 1.82) is 0 Å². The van der Waals surface area contributed by atoms with Crippen molar-refractivity contribution in [2.24, 2.45) is 0 Å². The molecule has 3 heteroatoms. The van der Waals surface area contributed by atoms with E-state index < -0.39 is 24.2 Å². The lowest BCUT2D eigenvalue weighted by Crippen LogP contribution is -2.42. The summed E-state index contributed by atoms with van der Waals surface area (Å²) in [6, 6.07) is 28.7. The van der Waals surface area contributed by atoms with E-state index in [2.05, 4.69) is 165 Å². The molecule has 2 unspecified atom stereocenters. The second-order valence-corrected chi connectivity index (χ2v) is 31.5. The molecule has 0 radical (unpaired) electrons. The van der Waals surface area contributed by atoms with Gasteiger partial charge in [-0.2, -0.15) is 0 Å². The molecule has 4 aromatic rings. The summed E-state index contributed by atoms with van der Waals surface area (Å²) in [6.07, 6.45) is 5.06. The molecule has 0 spiro atoms. The minimum atomic E-state index is -1.93. The molecule has 2 atom stereocenters. The van der Waals surface area contributed by atoms with Gasteiger partial charge in [-0.25, -0.2) is 0 Å². The Morgan fingerprint density at radius 1 is 0.467 bits per heavy atom. The minimum absolute atomic E-state index is 0.496. The van der Waals surface area contributed by atoms with Crippen LogP contribution < -0.4 is 10.4 Å². The Balaban J connectivity index is 1.40. The average Bonchev–Trinajstić information content (AvgIpc) is 3.47. The molecule has 0 heterocycles. The molecule has 2 aliphatic rings. The lowest BCUT2D eigenvalue weighted by Gasteiger charge is -2.39. The first-order valence-corrected chi connectivity index (χ1v) is 27.0. The van der Waals surface area contributed by atoms with Gasteiger partial charge in [-0.15, -0.1) is 0 Å². The monoisotopic (exact) mass is 640 g/mol. The van der Waals surface area contributed by atoms with E-state index in [0.717, 1.165) is 0 Å². The predicted molar refractivity (Wildman–Crippen MR) is 209 cm³/mol. The Labute approximate surface area is 276 Å². The number of fused-ring (bicyclic) bond motifs is 2. The SMILES string of the molecule is CC1=Cc2c(-c3ccc([Si](C)(C)C)c(C)c3)cccc2C1[Si](C)(C)C1C(C)=Cc2c(-c3ccc([Si](C)(C)C)c(C)c3)cccc21. The van der Waals surface area contributed by atoms with Crippen LogP contribution in [0.2, 0.25) is 52.4 Å². The molecule has 4 aromatic carbocycles. The van der Waals surface area contributed by atoms with E-state index >= 15 is 0 Å². The Morgan fingerprint density at radius 2 is 0.844 bits per heavy atom. The smallest absolute Gasteiger partial charge is 0.0679 e. The van der Waals surface area contributed by atoms with Gasteiger partial charge in [-0.05, 0) is 72.2 Å². The molecule has 0 amide bonds. The van der Waals surface area contributed by atoms with Crippen LogP contribution in [0.4, 0.5) is 0 Å². The molecule has 0 nitrogen and oxygen atoms in total. The summed E-state index contributed by atoms with van der Waals surface area (Å²) in [5, 5.41) is 3.14. The molecule has 0 saturated heterocycles. The Kier molecular flexibility index (Phi) is 7.86. The van der Waals surface area contributed by atoms with Crippen molar-refractivity contribution in [3.05, 3.63) is 117 Å². The van der Waals surface area contributed by atoms with Gasteiger partial charge in [0.2, 0.25) is 0 Å². The highest BCUT2D eigenvalue weighted by Gasteiger charge is 2.47. The second kappa shape index (κ2) is 11.1. The standard InChI is InChI=1S/C42H52Si3/c1-27-23-31(19-21-39(27)43(5,6)7)33-15-13-17-35-37(33)25-29(3)41(35)45(11,12)42-30(4)26-38-34(16-14-18-36(38)42)32-20-22-40(28(2)24-32)44(8,9)10/h13-26,41-42H,1-12H3. The normalized spacial score (nSPS) is 18.0. The molecular weight excluding hydrogens is 589 g/mol. The molecule has 0 bridgehead atoms. The van der Waals surface area contributed by atoms with Crippen LogP contribution in [0.5, 0.6) is 0 Å². The van der Waals surface area contributed by atoms with Gasteiger partial charge in [-0.1, -0.05) is 170 Å². The van der Waals surface area contributed by atoms with Crippen LogP contribution >= 0.6 is 0 Å². The third-order valence-electron chi connectivity index (χ3n) is 10.7. The quantitative estimate of drug-likeness (QED) is 0.184. The molecule has 0 aliphatic heterocycles. The summed E-state index contributed by atoms with van der Waals surface area (Å²) < 4.78 is 0. The van der Waals surface area contributed by atoms with Crippen molar-refractivity contribution in [3.63, 3.8) is 0 Å². The number of rotatable bonds is 6. The van der Waals surface area contributed by atoms with Crippen molar-refractivity contribution in [2.45, 2.75) is 91.2 Å². The zero-order valence-electron chi connectivity index (χ0n) is 29.7. The third-order valence-corrected chi connectivity index (χ3v) is 19.6. The first-order chi connectivity index (χ1) is 21.0. The van der Waals surface area contributed by atoms with E-state index in [1.807, 2.05) is 0 Å². The zero-order chi connectivity index (χ0) is 32.6. The van der Waals surface area contributed by atoms with E-state index in [1.54, 1.807) is 32.6 Å². The van der Waals surface area contributed by atoms with Gasteiger partial charge >= 0.3 is 0 Å². The predicted octanol–water partition coefficient (Wildman–Crippen LogP) is 11.2. The second-order valence-electron chi connectivity index (χ2n) is 16.6. The van der Waals surface area contributed by atoms with Crippen LogP contribution in [0.25, 0.3) is 34.4 Å². The van der Waals surface area contributed by atoms with E-state index in [-0.39, 0.29) is 0 Å². The number of hydrogen-bond acceptors (Lipinski definition) is 0. The first kappa shape index (κ1) is 32.0. The highest BCUT2D eigenvalue weighted by molar-refractivity contribution is 6.89. The Bertz CT molecular complexity index is 1750. The average molecular weight is 641 g/mol. The van der Waals surface area contributed by atoms with Crippen molar-refractivity contribution in [3.8, 4) is 22.3 Å². The molecule has 0 fully saturated rings. The summed E-state index contributed by atoms with van der Waals surface area (Å²) in [7, 11) is -4.67. The molecule has 232 valence electrons. The highest BCUT2D eigenvalue weighted by Crippen LogP contribution is 2.54. The van der Waals surface area contributed by atoms with Gasteiger partial charge in [0.25, 0.3) is 0 Å². The summed E-state index contributed by atoms with van der Waals surface area (Å²) in [5.74, 6) is 0. The molecule has 0 aromatic heterocycles. The summed E-state index contributed by atoms with van der Waals surface area (Å²) >= 11 is 0. The van der Waals surface area contributed by atoms with Crippen LogP contribution in [0.3, 0.4) is 0 Å². The maximum atomic E-state index is 2.65. The number of allylic oxidation sites excluding steroid dienone is 2. The molecule has 6 rings (SSSR count). The maximum Gasteiger partial charge on any atom is 0.0779 e. The number of aryl methyl sites for hydroxylation is 2. The van der Waals surface area contributed by atoms with Crippen LogP contribution in [0, 0.1) is 13.8 Å². The van der Waals surface area contributed by atoms with Gasteiger partial charge in [0.15, 0.2) is 0 Å². The van der Waals surface area contributed by atoms with Gasteiger partial charge < -0.3 is 0 Å². The minimum Gasteiger partial charge on any atom is -0.0679 e. The Hall–Kier alpha value is -2.99. The van der Waals surface area contributed by atoms with Crippen LogP contribution in [0.15, 0.2) is 83.9 Å².